The van der Waals surface area contributed by atoms with Gasteiger partial charge in [-0.1, -0.05) is 6.07 Å². The highest BCUT2D eigenvalue weighted by Gasteiger charge is 2.11. The first kappa shape index (κ1) is 17.4. The smallest absolute Gasteiger partial charge is 0.255 e. The molecule has 3 rings (SSSR count). The van der Waals surface area contributed by atoms with E-state index in [9.17, 15) is 9.59 Å². The van der Waals surface area contributed by atoms with E-state index in [0.29, 0.717) is 16.8 Å². The first-order valence-electron chi connectivity index (χ1n) is 8.25. The summed E-state index contributed by atoms with van der Waals surface area (Å²) in [7, 11) is 1.57. The van der Waals surface area contributed by atoms with Crippen molar-refractivity contribution in [3.63, 3.8) is 0 Å². The molecule has 1 aromatic heterocycles. The SMILES string of the molecule is CNC(=O)c1ccc(C)c(NC(=O)c2ccc(-n3nccc3C)cc2)c1. The fourth-order valence-corrected chi connectivity index (χ4v) is 2.63. The molecule has 0 aliphatic heterocycles. The minimum absolute atomic E-state index is 0.195. The van der Waals surface area contributed by atoms with Crippen molar-refractivity contribution in [1.82, 2.24) is 15.1 Å². The van der Waals surface area contributed by atoms with E-state index in [2.05, 4.69) is 15.7 Å². The normalized spacial score (nSPS) is 10.4. The number of hydrogen-bond donors (Lipinski definition) is 2. The van der Waals surface area contributed by atoms with E-state index in [4.69, 9.17) is 0 Å². The van der Waals surface area contributed by atoms with Crippen molar-refractivity contribution in [1.29, 1.82) is 0 Å². The molecule has 6 heteroatoms. The number of rotatable bonds is 4. The first-order chi connectivity index (χ1) is 12.5. The molecule has 0 fully saturated rings. The molecule has 0 unspecified atom stereocenters. The first-order valence-corrected chi connectivity index (χ1v) is 8.25. The number of carbonyl (C=O) groups is 2. The Kier molecular flexibility index (Phi) is 4.84. The van der Waals surface area contributed by atoms with Gasteiger partial charge in [0.15, 0.2) is 0 Å². The lowest BCUT2D eigenvalue weighted by atomic mass is 10.1. The minimum Gasteiger partial charge on any atom is -0.355 e. The second-order valence-corrected chi connectivity index (χ2v) is 5.99. The van der Waals surface area contributed by atoms with Gasteiger partial charge in [-0.2, -0.15) is 5.10 Å². The van der Waals surface area contributed by atoms with Crippen LogP contribution in [0.2, 0.25) is 0 Å². The van der Waals surface area contributed by atoms with E-state index in [-0.39, 0.29) is 11.8 Å². The summed E-state index contributed by atoms with van der Waals surface area (Å²) in [5, 5.41) is 9.70. The van der Waals surface area contributed by atoms with Gasteiger partial charge < -0.3 is 10.6 Å². The van der Waals surface area contributed by atoms with Crippen LogP contribution in [-0.2, 0) is 0 Å². The lowest BCUT2D eigenvalue weighted by Crippen LogP contribution is -2.19. The maximum atomic E-state index is 12.5. The third-order valence-electron chi connectivity index (χ3n) is 4.18. The number of amides is 2. The second kappa shape index (κ2) is 7.23. The summed E-state index contributed by atoms with van der Waals surface area (Å²) >= 11 is 0. The number of carbonyl (C=O) groups excluding carboxylic acids is 2. The van der Waals surface area contributed by atoms with Crippen LogP contribution in [0.25, 0.3) is 5.69 Å². The van der Waals surface area contributed by atoms with E-state index in [1.165, 1.54) is 0 Å². The Labute approximate surface area is 151 Å². The van der Waals surface area contributed by atoms with Gasteiger partial charge >= 0.3 is 0 Å². The van der Waals surface area contributed by atoms with Crippen molar-refractivity contribution in [3.8, 4) is 5.69 Å². The molecule has 0 atom stereocenters. The summed E-state index contributed by atoms with van der Waals surface area (Å²) in [6.45, 7) is 3.85. The fraction of sp³-hybridized carbons (Fsp3) is 0.150. The summed E-state index contributed by atoms with van der Waals surface area (Å²) in [4.78, 5) is 24.3. The third kappa shape index (κ3) is 3.49. The number of hydrogen-bond acceptors (Lipinski definition) is 3. The van der Waals surface area contributed by atoms with Crippen molar-refractivity contribution >= 4 is 17.5 Å². The topological polar surface area (TPSA) is 76.0 Å². The van der Waals surface area contributed by atoms with Crippen LogP contribution < -0.4 is 10.6 Å². The average molecular weight is 348 g/mol. The Balaban J connectivity index is 1.80. The van der Waals surface area contributed by atoms with Crippen LogP contribution in [0.4, 0.5) is 5.69 Å². The van der Waals surface area contributed by atoms with Gasteiger partial charge in [0.2, 0.25) is 0 Å². The Hall–Kier alpha value is -3.41. The summed E-state index contributed by atoms with van der Waals surface area (Å²) < 4.78 is 1.80. The molecule has 2 N–H and O–H groups in total. The van der Waals surface area contributed by atoms with Crippen LogP contribution in [0.5, 0.6) is 0 Å². The van der Waals surface area contributed by atoms with Gasteiger partial charge in [-0.15, -0.1) is 0 Å². The zero-order chi connectivity index (χ0) is 18.7. The summed E-state index contributed by atoms with van der Waals surface area (Å²) in [6, 6.07) is 14.3. The molecule has 0 aliphatic carbocycles. The van der Waals surface area contributed by atoms with E-state index in [1.54, 1.807) is 42.2 Å². The lowest BCUT2D eigenvalue weighted by Gasteiger charge is -2.11. The largest absolute Gasteiger partial charge is 0.355 e. The van der Waals surface area contributed by atoms with Gasteiger partial charge in [0.05, 0.1) is 5.69 Å². The fourth-order valence-electron chi connectivity index (χ4n) is 2.63. The molecule has 132 valence electrons. The molecule has 26 heavy (non-hydrogen) atoms. The molecule has 0 radical (unpaired) electrons. The zero-order valence-electron chi connectivity index (χ0n) is 14.9. The average Bonchev–Trinajstić information content (AvgIpc) is 3.09. The van der Waals surface area contributed by atoms with E-state index in [0.717, 1.165) is 16.9 Å². The zero-order valence-corrected chi connectivity index (χ0v) is 14.9. The van der Waals surface area contributed by atoms with Gasteiger partial charge in [0.1, 0.15) is 0 Å². The van der Waals surface area contributed by atoms with E-state index in [1.807, 2.05) is 38.1 Å². The summed E-state index contributed by atoms with van der Waals surface area (Å²) in [5.74, 6) is -0.426. The van der Waals surface area contributed by atoms with Crippen molar-refractivity contribution in [2.45, 2.75) is 13.8 Å². The Bertz CT molecular complexity index is 958. The molecule has 2 amide bonds. The van der Waals surface area contributed by atoms with Gasteiger partial charge in [-0.3, -0.25) is 9.59 Å². The highest BCUT2D eigenvalue weighted by molar-refractivity contribution is 6.05. The highest BCUT2D eigenvalue weighted by atomic mass is 16.2. The number of benzene rings is 2. The number of nitrogens with zero attached hydrogens (tertiary/aromatic N) is 2. The van der Waals surface area contributed by atoms with Crippen LogP contribution in [0.15, 0.2) is 54.7 Å². The van der Waals surface area contributed by atoms with Crippen LogP contribution >= 0.6 is 0 Å². The van der Waals surface area contributed by atoms with Crippen LogP contribution in [0.1, 0.15) is 32.0 Å². The highest BCUT2D eigenvalue weighted by Crippen LogP contribution is 2.19. The Morgan fingerprint density at radius 1 is 0.923 bits per heavy atom. The Morgan fingerprint density at radius 3 is 2.23 bits per heavy atom. The van der Waals surface area contributed by atoms with Gasteiger partial charge in [0, 0.05) is 35.8 Å². The summed E-state index contributed by atoms with van der Waals surface area (Å²) in [5.41, 5.74) is 4.43. The second-order valence-electron chi connectivity index (χ2n) is 5.99. The maximum Gasteiger partial charge on any atom is 0.255 e. The van der Waals surface area contributed by atoms with Crippen LogP contribution in [-0.4, -0.2) is 28.6 Å². The molecular formula is C20H20N4O2. The van der Waals surface area contributed by atoms with E-state index >= 15 is 0 Å². The molecule has 0 aliphatic rings. The van der Waals surface area contributed by atoms with Gasteiger partial charge in [0.25, 0.3) is 11.8 Å². The predicted molar refractivity (Wildman–Crippen MR) is 101 cm³/mol. The molecule has 6 nitrogen and oxygen atoms in total. The summed E-state index contributed by atoms with van der Waals surface area (Å²) in [6.07, 6.45) is 1.73. The molecule has 3 aromatic rings. The molecule has 1 heterocycles. The standard InChI is InChI=1S/C20H20N4O2/c1-13-4-5-16(19(25)21-3)12-18(13)23-20(26)15-6-8-17(9-7-15)24-14(2)10-11-22-24/h4-12H,1-3H3,(H,21,25)(H,23,26). The van der Waals surface area contributed by atoms with Gasteiger partial charge in [-0.05, 0) is 61.9 Å². The molecule has 2 aromatic carbocycles. The quantitative estimate of drug-likeness (QED) is 0.761. The van der Waals surface area contributed by atoms with Crippen molar-refractivity contribution in [3.05, 3.63) is 77.1 Å². The predicted octanol–water partition coefficient (Wildman–Crippen LogP) is 3.10. The lowest BCUT2D eigenvalue weighted by molar-refractivity contribution is 0.0961. The third-order valence-corrected chi connectivity index (χ3v) is 4.18. The Morgan fingerprint density at radius 2 is 1.62 bits per heavy atom. The number of aryl methyl sites for hydroxylation is 2. The molecular weight excluding hydrogens is 328 g/mol. The van der Waals surface area contributed by atoms with Crippen LogP contribution in [0, 0.1) is 13.8 Å². The number of aromatic nitrogens is 2. The maximum absolute atomic E-state index is 12.5. The van der Waals surface area contributed by atoms with Crippen molar-refractivity contribution in [2.24, 2.45) is 0 Å². The minimum atomic E-state index is -0.231. The molecule has 0 bridgehead atoms. The van der Waals surface area contributed by atoms with Crippen molar-refractivity contribution < 1.29 is 9.59 Å². The monoisotopic (exact) mass is 348 g/mol. The molecule has 0 saturated heterocycles. The van der Waals surface area contributed by atoms with Crippen LogP contribution in [0.3, 0.4) is 0 Å². The molecule has 0 saturated carbocycles. The van der Waals surface area contributed by atoms with Gasteiger partial charge in [-0.25, -0.2) is 4.68 Å². The molecule has 0 spiro atoms. The number of nitrogens with one attached hydrogen (secondary N) is 2. The number of anilines is 1. The van der Waals surface area contributed by atoms with E-state index < -0.39 is 0 Å². The van der Waals surface area contributed by atoms with Crippen molar-refractivity contribution in [2.75, 3.05) is 12.4 Å².